The van der Waals surface area contributed by atoms with Crippen LogP contribution in [0.2, 0.25) is 0 Å². The van der Waals surface area contributed by atoms with Gasteiger partial charge in [0.25, 0.3) is 10.1 Å². The van der Waals surface area contributed by atoms with Crippen LogP contribution in [0.4, 0.5) is 17.1 Å². The summed E-state index contributed by atoms with van der Waals surface area (Å²) in [5, 5.41) is 3.82. The molecule has 3 aliphatic rings. The van der Waals surface area contributed by atoms with Gasteiger partial charge in [-0.1, -0.05) is 38.1 Å². The first-order chi connectivity index (χ1) is 29.2. The lowest BCUT2D eigenvalue weighted by molar-refractivity contribution is -0.871. The molecule has 0 amide bonds. The van der Waals surface area contributed by atoms with Crippen LogP contribution in [0.25, 0.3) is 0 Å². The molecular formula is C50H71N6O5S2+3. The Morgan fingerprint density at radius 1 is 0.810 bits per heavy atom. The number of hydrogen-bond acceptors (Lipinski definition) is 6. The smallest absolute Gasteiger partial charge is 0.294 e. The van der Waals surface area contributed by atoms with Crippen molar-refractivity contribution in [2.24, 2.45) is 5.73 Å². The van der Waals surface area contributed by atoms with Crippen LogP contribution in [-0.2, 0) is 37.3 Å². The maximum atomic E-state index is 12.8. The summed E-state index contributed by atoms with van der Waals surface area (Å²) in [5.41, 5.74) is 16.4. The largest absolute Gasteiger partial charge is 0.355 e. The first-order valence-corrected chi connectivity index (χ1v) is 25.1. The van der Waals surface area contributed by atoms with E-state index in [1.54, 1.807) is 12.1 Å². The topological polar surface area (TPSA) is 136 Å². The number of anilines is 2. The molecule has 0 bridgehead atoms. The first kappa shape index (κ1) is 48.1. The van der Waals surface area contributed by atoms with Gasteiger partial charge in [0.2, 0.25) is 5.69 Å². The van der Waals surface area contributed by atoms with Crippen molar-refractivity contribution in [3.63, 3.8) is 0 Å². The Bertz CT molecular complexity index is 2620. The summed E-state index contributed by atoms with van der Waals surface area (Å²) in [5.74, 6) is 3.57. The van der Waals surface area contributed by atoms with Gasteiger partial charge in [-0.2, -0.15) is 13.0 Å². The second-order valence-electron chi connectivity index (χ2n) is 20.5. The van der Waals surface area contributed by atoms with Crippen LogP contribution in [0.15, 0.2) is 117 Å². The number of fused-ring (bicyclic) bond motifs is 2. The summed E-state index contributed by atoms with van der Waals surface area (Å²) >= 11 is 0. The van der Waals surface area contributed by atoms with Crippen molar-refractivity contribution >= 4 is 48.6 Å². The minimum atomic E-state index is -4.39. The van der Waals surface area contributed by atoms with Crippen molar-refractivity contribution in [1.29, 1.82) is 0 Å². The van der Waals surface area contributed by atoms with E-state index in [0.717, 1.165) is 124 Å². The lowest BCUT2D eigenvalue weighted by Gasteiger charge is -2.29. The Labute approximate surface area is 377 Å². The molecule has 2 aliphatic heterocycles. The summed E-state index contributed by atoms with van der Waals surface area (Å²) in [7, 11) is 5.38. The maximum absolute atomic E-state index is 12.8. The minimum absolute atomic E-state index is 0.104. The van der Waals surface area contributed by atoms with E-state index in [4.69, 9.17) is 5.73 Å². The number of quaternary nitrogens is 2. The highest BCUT2D eigenvalue weighted by atomic mass is 32.2. The Hall–Kier alpha value is -4.34. The van der Waals surface area contributed by atoms with Crippen LogP contribution in [0, 0.1) is 0 Å². The van der Waals surface area contributed by atoms with E-state index in [2.05, 4.69) is 127 Å². The fourth-order valence-electron chi connectivity index (χ4n) is 9.20. The molecule has 3 aromatic carbocycles. The lowest BCUT2D eigenvalue weighted by Crippen LogP contribution is -2.37. The molecule has 6 rings (SSSR count). The fraction of sp³-hybridized carbons (Fsp3) is 0.440. The van der Waals surface area contributed by atoms with Crippen molar-refractivity contribution in [2.45, 2.75) is 87.0 Å². The molecule has 0 saturated heterocycles. The normalized spacial score (nSPS) is 19.9. The molecule has 3 aromatic rings. The Balaban J connectivity index is 1.48. The van der Waals surface area contributed by atoms with Crippen LogP contribution in [0.3, 0.4) is 0 Å². The SMILES string of the molecule is C=S(=O)(O)c1ccc2c(c1)C(C)(C)C(C=CC1=C(Nc3ccc(CN)cc3)C(=CC=C3N(CCC[N+](C)(C)C)c4ccc(S(=O)(=O)O)cc4C3(C)C)CCC1)=[N+]2CCC[N+](C)(C)C. The fourth-order valence-corrected chi connectivity index (χ4v) is 10.3. The Morgan fingerprint density at radius 2 is 1.44 bits per heavy atom. The standard InChI is InChI=1S/C50H68N6O5S2/c1-49(2)42-33-40(62(11,57)58)23-25-44(42)53(29-13-31-55(5,6)7)46(49)27-19-37-15-12-16-38(48(37)52-39-21-17-36(35-51)18-22-39)20-28-47-50(3,4)43-34-41(63(59,60)61)24-26-45(43)54(47)30-14-32-56(8,9)10/h17-28,33-34H,11-16,29-32,35,51H2,1-10H3/p+3. The molecule has 1 atom stereocenters. The number of benzene rings is 3. The molecule has 0 aromatic heterocycles. The van der Waals surface area contributed by atoms with Gasteiger partial charge in [-0.15, -0.1) is 0 Å². The van der Waals surface area contributed by atoms with Gasteiger partial charge in [0.1, 0.15) is 9.80 Å². The summed E-state index contributed by atoms with van der Waals surface area (Å²) in [4.78, 5) is 2.55. The maximum Gasteiger partial charge on any atom is 0.294 e. The van der Waals surface area contributed by atoms with E-state index in [-0.39, 0.29) is 4.90 Å². The molecule has 1 unspecified atom stereocenters. The van der Waals surface area contributed by atoms with Gasteiger partial charge in [0, 0.05) is 65.4 Å². The predicted molar refractivity (Wildman–Crippen MR) is 261 cm³/mol. The van der Waals surface area contributed by atoms with E-state index in [1.807, 2.05) is 30.3 Å². The van der Waals surface area contributed by atoms with E-state index in [1.165, 1.54) is 11.6 Å². The van der Waals surface area contributed by atoms with E-state index < -0.39 is 30.8 Å². The van der Waals surface area contributed by atoms with Crippen molar-refractivity contribution in [1.82, 2.24) is 0 Å². The average Bonchev–Trinajstić information content (AvgIpc) is 3.52. The number of nitrogens with one attached hydrogen (secondary N) is 1. The molecule has 1 aliphatic carbocycles. The van der Waals surface area contributed by atoms with Gasteiger partial charge in [-0.25, -0.2) is 4.21 Å². The number of nitrogens with two attached hydrogens (primary N) is 1. The van der Waals surface area contributed by atoms with Gasteiger partial charge in [-0.3, -0.25) is 4.55 Å². The van der Waals surface area contributed by atoms with E-state index >= 15 is 0 Å². The first-order valence-electron chi connectivity index (χ1n) is 22.0. The highest BCUT2D eigenvalue weighted by Crippen LogP contribution is 2.49. The van der Waals surface area contributed by atoms with Crippen LogP contribution in [0.5, 0.6) is 0 Å². The third kappa shape index (κ3) is 11.0. The summed E-state index contributed by atoms with van der Waals surface area (Å²) in [6.45, 7) is 12.6. The highest BCUT2D eigenvalue weighted by molar-refractivity contribution is 7.95. The van der Waals surface area contributed by atoms with Gasteiger partial charge in [-0.05, 0) is 110 Å². The van der Waals surface area contributed by atoms with Crippen LogP contribution < -0.4 is 16.0 Å². The summed E-state index contributed by atoms with van der Waals surface area (Å²) < 4.78 is 61.9. The molecule has 340 valence electrons. The predicted octanol–water partition coefficient (Wildman–Crippen LogP) is 8.22. The molecule has 0 radical (unpaired) electrons. The van der Waals surface area contributed by atoms with Gasteiger partial charge in [0.05, 0.1) is 77.0 Å². The monoisotopic (exact) mass is 899 g/mol. The zero-order valence-electron chi connectivity index (χ0n) is 39.2. The molecule has 0 fully saturated rings. The third-order valence-corrected chi connectivity index (χ3v) is 14.5. The molecule has 0 saturated carbocycles. The number of nitrogens with zero attached hydrogens (tertiary/aromatic N) is 4. The molecule has 11 nitrogen and oxygen atoms in total. The second-order valence-corrected chi connectivity index (χ2v) is 23.7. The van der Waals surface area contributed by atoms with Gasteiger partial charge in [0.15, 0.2) is 12.3 Å². The number of rotatable bonds is 16. The van der Waals surface area contributed by atoms with Crippen molar-refractivity contribution in [2.75, 3.05) is 78.7 Å². The quantitative estimate of drug-likeness (QED) is 0.0489. The lowest BCUT2D eigenvalue weighted by atomic mass is 9.81. The van der Waals surface area contributed by atoms with Crippen molar-refractivity contribution in [3.05, 3.63) is 124 Å². The van der Waals surface area contributed by atoms with Crippen LogP contribution >= 0.6 is 0 Å². The molecular weight excluding hydrogens is 829 g/mol. The zero-order valence-corrected chi connectivity index (χ0v) is 40.8. The molecule has 0 spiro atoms. The Morgan fingerprint density at radius 3 is 2.06 bits per heavy atom. The van der Waals surface area contributed by atoms with Crippen molar-refractivity contribution in [3.8, 4) is 0 Å². The van der Waals surface area contributed by atoms with E-state index in [0.29, 0.717) is 11.4 Å². The van der Waals surface area contributed by atoms with Gasteiger partial charge >= 0.3 is 0 Å². The number of hydrogen-bond donors (Lipinski definition) is 4. The second kappa shape index (κ2) is 17.9. The third-order valence-electron chi connectivity index (χ3n) is 12.7. The summed E-state index contributed by atoms with van der Waals surface area (Å²) in [6.07, 6.45) is 13.5. The highest BCUT2D eigenvalue weighted by Gasteiger charge is 2.45. The average molecular weight is 900 g/mol. The summed E-state index contributed by atoms with van der Waals surface area (Å²) in [6, 6.07) is 18.8. The molecule has 5 N–H and O–H groups in total. The number of allylic oxidation sites excluding steroid dienone is 7. The molecule has 13 heteroatoms. The van der Waals surface area contributed by atoms with Crippen molar-refractivity contribution < 1.29 is 35.3 Å². The van der Waals surface area contributed by atoms with Crippen LogP contribution in [0.1, 0.15) is 76.5 Å². The minimum Gasteiger partial charge on any atom is -0.355 e. The molecule has 63 heavy (non-hydrogen) atoms. The molecule has 2 heterocycles. The van der Waals surface area contributed by atoms with Gasteiger partial charge < -0.3 is 29.5 Å². The zero-order chi connectivity index (χ0) is 46.3. The Kier molecular flexibility index (Phi) is 13.7. The van der Waals surface area contributed by atoms with Crippen LogP contribution in [-0.4, -0.2) is 115 Å². The van der Waals surface area contributed by atoms with E-state index in [9.17, 15) is 21.7 Å².